The van der Waals surface area contributed by atoms with Crippen molar-refractivity contribution in [3.8, 4) is 5.75 Å². The van der Waals surface area contributed by atoms with Gasteiger partial charge in [0.2, 0.25) is 5.91 Å². The van der Waals surface area contributed by atoms with Crippen LogP contribution in [0.15, 0.2) is 24.3 Å². The second-order valence-corrected chi connectivity index (χ2v) is 4.87. The van der Waals surface area contributed by atoms with Gasteiger partial charge in [0.05, 0.1) is 0 Å². The number of likely N-dealkylation sites (tertiary alicyclic amines) is 1. The lowest BCUT2D eigenvalue weighted by atomic mass is 10.1. The van der Waals surface area contributed by atoms with Gasteiger partial charge in [-0.2, -0.15) is 0 Å². The van der Waals surface area contributed by atoms with E-state index in [1.165, 1.54) is 5.56 Å². The molecule has 1 fully saturated rings. The van der Waals surface area contributed by atoms with Gasteiger partial charge in [-0.1, -0.05) is 17.7 Å². The molecule has 18 heavy (non-hydrogen) atoms. The maximum atomic E-state index is 11.7. The van der Waals surface area contributed by atoms with Gasteiger partial charge >= 0.3 is 0 Å². The van der Waals surface area contributed by atoms with Crippen LogP contribution >= 0.6 is 11.6 Å². The third-order valence-electron chi connectivity index (χ3n) is 3.18. The summed E-state index contributed by atoms with van der Waals surface area (Å²) in [5.74, 6) is 0.779. The van der Waals surface area contributed by atoms with Crippen molar-refractivity contribution in [2.45, 2.75) is 32.4 Å². The lowest BCUT2D eigenvalue weighted by molar-refractivity contribution is -0.139. The lowest BCUT2D eigenvalue weighted by Crippen LogP contribution is -2.47. The van der Waals surface area contributed by atoms with Crippen LogP contribution in [-0.2, 0) is 4.79 Å². The van der Waals surface area contributed by atoms with Crippen molar-refractivity contribution in [3.05, 3.63) is 29.8 Å². The van der Waals surface area contributed by atoms with Crippen molar-refractivity contribution in [2.24, 2.45) is 0 Å². The number of amides is 1. The minimum absolute atomic E-state index is 0.0216. The van der Waals surface area contributed by atoms with Crippen LogP contribution in [0.25, 0.3) is 0 Å². The number of nitrogens with zero attached hydrogens (tertiary/aromatic N) is 1. The fraction of sp³-hybridized carbons (Fsp3) is 0.500. The van der Waals surface area contributed by atoms with Gasteiger partial charge in [0, 0.05) is 13.0 Å². The highest BCUT2D eigenvalue weighted by Gasteiger charge is 2.27. The molecule has 0 spiro atoms. The first-order valence-electron chi connectivity index (χ1n) is 6.29. The van der Waals surface area contributed by atoms with Gasteiger partial charge in [-0.15, -0.1) is 11.6 Å². The molecule has 1 saturated heterocycles. The smallest absolute Gasteiger partial charge is 0.240 e. The second-order valence-electron chi connectivity index (χ2n) is 4.60. The lowest BCUT2D eigenvalue weighted by Gasteiger charge is -2.35. The van der Waals surface area contributed by atoms with Crippen LogP contribution in [0.4, 0.5) is 0 Å². The Balaban J connectivity index is 2.05. The van der Waals surface area contributed by atoms with E-state index < -0.39 is 0 Å². The molecular weight excluding hydrogens is 250 g/mol. The summed E-state index contributed by atoms with van der Waals surface area (Å²) in [4.78, 5) is 13.5. The number of carbonyl (C=O) groups is 1. The Hall–Kier alpha value is -1.22. The molecule has 0 saturated carbocycles. The highest BCUT2D eigenvalue weighted by molar-refractivity contribution is 6.27. The number of carbonyl (C=O) groups excluding carboxylic acids is 1. The minimum atomic E-state index is -0.173. The molecule has 1 aromatic rings. The average Bonchev–Trinajstić information content (AvgIpc) is 2.41. The average molecular weight is 268 g/mol. The quantitative estimate of drug-likeness (QED) is 0.788. The second kappa shape index (κ2) is 6.10. The summed E-state index contributed by atoms with van der Waals surface area (Å²) in [6.45, 7) is 2.77. The first kappa shape index (κ1) is 13.2. The van der Waals surface area contributed by atoms with E-state index in [-0.39, 0.29) is 18.0 Å². The molecule has 0 aromatic heterocycles. The number of benzene rings is 1. The maximum Gasteiger partial charge on any atom is 0.240 e. The summed E-state index contributed by atoms with van der Waals surface area (Å²) in [6, 6.07) is 7.89. The Morgan fingerprint density at radius 1 is 1.39 bits per heavy atom. The fourth-order valence-electron chi connectivity index (χ4n) is 2.16. The van der Waals surface area contributed by atoms with Gasteiger partial charge in [0.1, 0.15) is 11.6 Å². The van der Waals surface area contributed by atoms with Crippen molar-refractivity contribution in [1.82, 2.24) is 4.90 Å². The Bertz CT molecular complexity index is 405. The van der Waals surface area contributed by atoms with Crippen molar-refractivity contribution in [2.75, 3.05) is 12.4 Å². The standard InChI is InChI=1S/C14H18ClNO2/c1-11-5-7-12(8-6-11)18-14-4-2-3-9-16(14)13(17)10-15/h5-8,14H,2-4,9-10H2,1H3/t14-/m1/s1. The summed E-state index contributed by atoms with van der Waals surface area (Å²) in [6.07, 6.45) is 2.81. The Morgan fingerprint density at radius 2 is 2.11 bits per heavy atom. The summed E-state index contributed by atoms with van der Waals surface area (Å²) in [5, 5.41) is 0. The summed E-state index contributed by atoms with van der Waals surface area (Å²) < 4.78 is 5.89. The number of alkyl halides is 1. The molecule has 1 atom stereocenters. The first-order valence-corrected chi connectivity index (χ1v) is 6.83. The van der Waals surface area contributed by atoms with E-state index in [1.807, 2.05) is 31.2 Å². The molecule has 0 unspecified atom stereocenters. The molecular formula is C14H18ClNO2. The molecule has 0 bridgehead atoms. The highest BCUT2D eigenvalue weighted by atomic mass is 35.5. The van der Waals surface area contributed by atoms with Gasteiger partial charge in [-0.05, 0) is 31.9 Å². The topological polar surface area (TPSA) is 29.5 Å². The van der Waals surface area contributed by atoms with Crippen LogP contribution in [0.1, 0.15) is 24.8 Å². The molecule has 1 aliphatic heterocycles. The van der Waals surface area contributed by atoms with E-state index >= 15 is 0 Å². The first-order chi connectivity index (χ1) is 8.70. The number of hydrogen-bond acceptors (Lipinski definition) is 2. The molecule has 2 rings (SSSR count). The van der Waals surface area contributed by atoms with E-state index in [9.17, 15) is 4.79 Å². The molecule has 3 nitrogen and oxygen atoms in total. The summed E-state index contributed by atoms with van der Waals surface area (Å²) in [7, 11) is 0. The van der Waals surface area contributed by atoms with Gasteiger partial charge in [0.25, 0.3) is 0 Å². The van der Waals surface area contributed by atoms with Gasteiger partial charge in [-0.3, -0.25) is 4.79 Å². The highest BCUT2D eigenvalue weighted by Crippen LogP contribution is 2.22. The van der Waals surface area contributed by atoms with Crippen molar-refractivity contribution < 1.29 is 9.53 Å². The molecule has 1 aliphatic rings. The number of halogens is 1. The largest absolute Gasteiger partial charge is 0.470 e. The van der Waals surface area contributed by atoms with Crippen LogP contribution < -0.4 is 4.74 Å². The fourth-order valence-corrected chi connectivity index (χ4v) is 2.31. The Kier molecular flexibility index (Phi) is 4.48. The van der Waals surface area contributed by atoms with Crippen LogP contribution in [0.2, 0.25) is 0 Å². The number of hydrogen-bond donors (Lipinski definition) is 0. The van der Waals surface area contributed by atoms with Crippen LogP contribution in [0.3, 0.4) is 0 Å². The SMILES string of the molecule is Cc1ccc(O[C@@H]2CCCCN2C(=O)CCl)cc1. The zero-order valence-corrected chi connectivity index (χ0v) is 11.3. The monoisotopic (exact) mass is 267 g/mol. The van der Waals surface area contributed by atoms with E-state index in [2.05, 4.69) is 0 Å². The van der Waals surface area contributed by atoms with Crippen LogP contribution in [0, 0.1) is 6.92 Å². The predicted molar refractivity (Wildman–Crippen MR) is 71.9 cm³/mol. The molecule has 0 aliphatic carbocycles. The molecule has 0 N–H and O–H groups in total. The summed E-state index contributed by atoms with van der Waals surface area (Å²) in [5.41, 5.74) is 1.19. The van der Waals surface area contributed by atoms with Crippen molar-refractivity contribution in [3.63, 3.8) is 0 Å². The van der Waals surface area contributed by atoms with Crippen LogP contribution in [-0.4, -0.2) is 29.5 Å². The summed E-state index contributed by atoms with van der Waals surface area (Å²) >= 11 is 5.63. The number of aryl methyl sites for hydroxylation is 1. The molecule has 1 heterocycles. The third-order valence-corrected chi connectivity index (χ3v) is 3.40. The zero-order chi connectivity index (χ0) is 13.0. The van der Waals surface area contributed by atoms with E-state index in [0.717, 1.165) is 31.6 Å². The van der Waals surface area contributed by atoms with E-state index in [1.54, 1.807) is 4.90 Å². The molecule has 0 radical (unpaired) electrons. The Morgan fingerprint density at radius 3 is 2.78 bits per heavy atom. The normalized spacial score (nSPS) is 19.7. The number of piperidine rings is 1. The van der Waals surface area contributed by atoms with Gasteiger partial charge < -0.3 is 9.64 Å². The zero-order valence-electron chi connectivity index (χ0n) is 10.6. The predicted octanol–water partition coefficient (Wildman–Crippen LogP) is 2.95. The van der Waals surface area contributed by atoms with Gasteiger partial charge in [-0.25, -0.2) is 0 Å². The van der Waals surface area contributed by atoms with Gasteiger partial charge in [0.15, 0.2) is 6.23 Å². The molecule has 98 valence electrons. The van der Waals surface area contributed by atoms with Crippen molar-refractivity contribution in [1.29, 1.82) is 0 Å². The molecule has 1 amide bonds. The molecule has 4 heteroatoms. The number of ether oxygens (including phenoxy) is 1. The maximum absolute atomic E-state index is 11.7. The molecule has 1 aromatic carbocycles. The third kappa shape index (κ3) is 3.16. The van der Waals surface area contributed by atoms with E-state index in [4.69, 9.17) is 16.3 Å². The number of rotatable bonds is 3. The van der Waals surface area contributed by atoms with Crippen molar-refractivity contribution >= 4 is 17.5 Å². The Labute approximate surface area is 113 Å². The van der Waals surface area contributed by atoms with E-state index in [0.29, 0.717) is 0 Å². The van der Waals surface area contributed by atoms with Crippen LogP contribution in [0.5, 0.6) is 5.75 Å². The minimum Gasteiger partial charge on any atom is -0.470 e.